The number of carbonyl (C=O) groups excluding carboxylic acids is 2. The zero-order valence-electron chi connectivity index (χ0n) is 24.2. The molecule has 0 saturated heterocycles. The van der Waals surface area contributed by atoms with Crippen LogP contribution in [0.15, 0.2) is 74.6 Å². The van der Waals surface area contributed by atoms with Gasteiger partial charge in [-0.3, -0.25) is 0 Å². The molecule has 0 radical (unpaired) electrons. The number of esters is 2. The summed E-state index contributed by atoms with van der Waals surface area (Å²) in [5, 5.41) is 3.96. The van der Waals surface area contributed by atoms with Gasteiger partial charge in [-0.05, 0) is 104 Å². The Bertz CT molecular complexity index is 1840. The van der Waals surface area contributed by atoms with E-state index in [1.165, 1.54) is 16.2 Å². The summed E-state index contributed by atoms with van der Waals surface area (Å²) in [7, 11) is 0. The van der Waals surface area contributed by atoms with Crippen molar-refractivity contribution in [1.82, 2.24) is 0 Å². The van der Waals surface area contributed by atoms with Gasteiger partial charge in [0.2, 0.25) is 11.8 Å². The molecule has 4 aromatic rings. The van der Waals surface area contributed by atoms with E-state index in [-0.39, 0.29) is 11.6 Å². The van der Waals surface area contributed by atoms with E-state index in [0.717, 1.165) is 38.6 Å². The molecule has 6 rings (SSSR count). The molecule has 8 nitrogen and oxygen atoms in total. The van der Waals surface area contributed by atoms with Gasteiger partial charge in [0, 0.05) is 20.2 Å². The number of carbonyl (C=O) groups is 2. The predicted molar refractivity (Wildman–Crippen MR) is 175 cm³/mol. The Kier molecular flexibility index (Phi) is 8.87. The SMILES string of the molecule is CCOc1ccc(C2=N/C(=C/c3sccc3CCc3sc(C4=N/C(=C/c5cccs5)C(=O)O4)cc3C)C(=O)O2)cc1OCC. The fourth-order valence-electron chi connectivity index (χ4n) is 4.67. The minimum Gasteiger partial charge on any atom is -0.490 e. The predicted octanol–water partition coefficient (Wildman–Crippen LogP) is 7.45. The normalized spacial score (nSPS) is 16.3. The quantitative estimate of drug-likeness (QED) is 0.124. The van der Waals surface area contributed by atoms with E-state index < -0.39 is 11.9 Å². The average Bonchev–Trinajstić information content (AvgIpc) is 3.84. The first-order chi connectivity index (χ1) is 21.4. The standard InChI is InChI=1S/C33H28N2O6S3/c1-4-38-25-10-8-21(16-26(25)39-5-2)30-34-24(33(37)40-30)18-28-20(12-14-43-28)9-11-27-19(3)15-29(44-27)31-35-23(32(36)41-31)17-22-7-6-13-42-22/h6-8,10,12-18H,4-5,9,11H2,1-3H3/b23-17+,24-18+. The molecular weight excluding hydrogens is 617 g/mol. The van der Waals surface area contributed by atoms with Crippen molar-refractivity contribution in [2.24, 2.45) is 9.98 Å². The lowest BCUT2D eigenvalue weighted by atomic mass is 10.1. The van der Waals surface area contributed by atoms with Crippen molar-refractivity contribution in [3.63, 3.8) is 0 Å². The summed E-state index contributed by atoms with van der Waals surface area (Å²) in [4.78, 5) is 38.0. The first-order valence-electron chi connectivity index (χ1n) is 14.1. The van der Waals surface area contributed by atoms with Crippen LogP contribution in [0.2, 0.25) is 0 Å². The van der Waals surface area contributed by atoms with Gasteiger partial charge in [0.25, 0.3) is 0 Å². The lowest BCUT2D eigenvalue weighted by Gasteiger charge is -2.11. The maximum absolute atomic E-state index is 12.8. The molecule has 1 aromatic carbocycles. The Morgan fingerprint density at radius 1 is 0.818 bits per heavy atom. The molecule has 224 valence electrons. The van der Waals surface area contributed by atoms with Crippen LogP contribution >= 0.6 is 34.0 Å². The average molecular weight is 645 g/mol. The van der Waals surface area contributed by atoms with E-state index in [0.29, 0.717) is 41.9 Å². The largest absolute Gasteiger partial charge is 0.490 e. The van der Waals surface area contributed by atoms with Crippen molar-refractivity contribution in [2.75, 3.05) is 13.2 Å². The van der Waals surface area contributed by atoms with E-state index in [1.807, 2.05) is 49.7 Å². The van der Waals surface area contributed by atoms with E-state index in [9.17, 15) is 9.59 Å². The summed E-state index contributed by atoms with van der Waals surface area (Å²) in [6.45, 7) is 6.85. The second kappa shape index (κ2) is 13.1. The summed E-state index contributed by atoms with van der Waals surface area (Å²) in [6, 6.07) is 13.3. The van der Waals surface area contributed by atoms with Gasteiger partial charge in [-0.1, -0.05) is 6.07 Å². The Morgan fingerprint density at radius 3 is 2.34 bits per heavy atom. The van der Waals surface area contributed by atoms with Gasteiger partial charge >= 0.3 is 11.9 Å². The number of ether oxygens (including phenoxy) is 4. The number of aryl methyl sites for hydroxylation is 3. The van der Waals surface area contributed by atoms with E-state index in [1.54, 1.807) is 53.0 Å². The molecule has 0 bridgehead atoms. The van der Waals surface area contributed by atoms with Gasteiger partial charge in [-0.15, -0.1) is 34.0 Å². The van der Waals surface area contributed by atoms with Crippen LogP contribution in [0.5, 0.6) is 11.5 Å². The van der Waals surface area contributed by atoms with Crippen LogP contribution in [-0.4, -0.2) is 36.9 Å². The number of hydrogen-bond acceptors (Lipinski definition) is 11. The number of cyclic esters (lactones) is 2. The Balaban J connectivity index is 1.16. The van der Waals surface area contributed by atoms with Crippen molar-refractivity contribution in [3.05, 3.63) is 101 Å². The number of aliphatic imine (C=N–C) groups is 2. The van der Waals surface area contributed by atoms with E-state index in [4.69, 9.17) is 18.9 Å². The number of benzene rings is 1. The molecule has 0 amide bonds. The highest BCUT2D eigenvalue weighted by Crippen LogP contribution is 2.32. The smallest absolute Gasteiger partial charge is 0.363 e. The molecule has 0 atom stereocenters. The van der Waals surface area contributed by atoms with Crippen LogP contribution in [0.1, 0.15) is 50.0 Å². The van der Waals surface area contributed by atoms with Gasteiger partial charge in [-0.2, -0.15) is 0 Å². The molecule has 44 heavy (non-hydrogen) atoms. The number of thiophene rings is 3. The van der Waals surface area contributed by atoms with Crippen molar-refractivity contribution >= 4 is 69.9 Å². The highest BCUT2D eigenvalue weighted by atomic mass is 32.1. The number of hydrogen-bond donors (Lipinski definition) is 0. The van der Waals surface area contributed by atoms with E-state index >= 15 is 0 Å². The topological polar surface area (TPSA) is 95.8 Å². The fraction of sp³-hybridized carbons (Fsp3) is 0.212. The Morgan fingerprint density at radius 2 is 1.57 bits per heavy atom. The third-order valence-electron chi connectivity index (χ3n) is 6.75. The summed E-state index contributed by atoms with van der Waals surface area (Å²) >= 11 is 4.67. The molecule has 0 spiro atoms. The van der Waals surface area contributed by atoms with Crippen LogP contribution in [0.4, 0.5) is 0 Å². The minimum atomic E-state index is -0.496. The van der Waals surface area contributed by atoms with E-state index in [2.05, 4.69) is 16.1 Å². The lowest BCUT2D eigenvalue weighted by molar-refractivity contribution is -0.130. The molecule has 0 N–H and O–H groups in total. The monoisotopic (exact) mass is 644 g/mol. The molecule has 5 heterocycles. The first kappa shape index (κ1) is 29.7. The molecule has 0 saturated carbocycles. The van der Waals surface area contributed by atoms with Gasteiger partial charge in [-0.25, -0.2) is 19.6 Å². The van der Waals surface area contributed by atoms with Gasteiger partial charge in [0.1, 0.15) is 0 Å². The molecule has 11 heteroatoms. The maximum atomic E-state index is 12.8. The molecule has 0 unspecified atom stereocenters. The van der Waals surface area contributed by atoms with Crippen molar-refractivity contribution in [1.29, 1.82) is 0 Å². The first-order valence-corrected chi connectivity index (χ1v) is 16.6. The molecule has 2 aliphatic heterocycles. The van der Waals surface area contributed by atoms with Crippen LogP contribution in [0.3, 0.4) is 0 Å². The molecular formula is C33H28N2O6S3. The zero-order valence-corrected chi connectivity index (χ0v) is 26.7. The van der Waals surface area contributed by atoms with Gasteiger partial charge in [0.15, 0.2) is 22.9 Å². The third-order valence-corrected chi connectivity index (χ3v) is 9.77. The zero-order chi connectivity index (χ0) is 30.6. The third kappa shape index (κ3) is 6.45. The molecule has 3 aromatic heterocycles. The number of nitrogens with zero attached hydrogens (tertiary/aromatic N) is 2. The second-order valence-electron chi connectivity index (χ2n) is 9.74. The highest BCUT2D eigenvalue weighted by molar-refractivity contribution is 7.14. The Labute approximate surface area is 266 Å². The molecule has 0 aliphatic carbocycles. The maximum Gasteiger partial charge on any atom is 0.363 e. The van der Waals surface area contributed by atoms with Gasteiger partial charge in [0.05, 0.1) is 18.1 Å². The van der Waals surface area contributed by atoms with Crippen molar-refractivity contribution in [2.45, 2.75) is 33.6 Å². The lowest BCUT2D eigenvalue weighted by Crippen LogP contribution is -2.06. The number of rotatable bonds is 11. The minimum absolute atomic E-state index is 0.231. The second-order valence-corrected chi connectivity index (χ2v) is 12.8. The van der Waals surface area contributed by atoms with Crippen LogP contribution in [-0.2, 0) is 31.9 Å². The fourth-order valence-corrected chi connectivity index (χ4v) is 7.30. The Hall–Kier alpha value is -4.32. The van der Waals surface area contributed by atoms with Crippen LogP contribution in [0, 0.1) is 6.92 Å². The summed E-state index contributed by atoms with van der Waals surface area (Å²) in [5.74, 6) is 0.836. The summed E-state index contributed by atoms with van der Waals surface area (Å²) in [5.41, 5.74) is 3.41. The van der Waals surface area contributed by atoms with Gasteiger partial charge < -0.3 is 18.9 Å². The van der Waals surface area contributed by atoms with Crippen LogP contribution in [0.25, 0.3) is 12.2 Å². The van der Waals surface area contributed by atoms with Crippen molar-refractivity contribution in [3.8, 4) is 11.5 Å². The van der Waals surface area contributed by atoms with Crippen LogP contribution < -0.4 is 9.47 Å². The van der Waals surface area contributed by atoms with Crippen molar-refractivity contribution < 1.29 is 28.5 Å². The summed E-state index contributed by atoms with van der Waals surface area (Å²) < 4.78 is 22.4. The molecule has 2 aliphatic rings. The summed E-state index contributed by atoms with van der Waals surface area (Å²) in [6.07, 6.45) is 5.08. The highest BCUT2D eigenvalue weighted by Gasteiger charge is 2.27. The molecule has 0 fully saturated rings.